The van der Waals surface area contributed by atoms with E-state index >= 15 is 0 Å². The van der Waals surface area contributed by atoms with Crippen LogP contribution >= 0.6 is 0 Å². The molecule has 2 heterocycles. The highest BCUT2D eigenvalue weighted by atomic mass is 15.3. The molecule has 0 radical (unpaired) electrons. The van der Waals surface area contributed by atoms with Gasteiger partial charge in [-0.05, 0) is 24.1 Å². The highest BCUT2D eigenvalue weighted by molar-refractivity contribution is 5.16. The van der Waals surface area contributed by atoms with Crippen molar-refractivity contribution in [2.45, 2.75) is 25.8 Å². The Morgan fingerprint density at radius 2 is 2.22 bits per heavy atom. The minimum absolute atomic E-state index is 0.00817. The molecule has 0 aliphatic rings. The van der Waals surface area contributed by atoms with Crippen LogP contribution in [0, 0.1) is 0 Å². The average molecular weight is 245 g/mol. The lowest BCUT2D eigenvalue weighted by atomic mass is 10.1. The molecule has 1 unspecified atom stereocenters. The van der Waals surface area contributed by atoms with Gasteiger partial charge in [0, 0.05) is 31.6 Å². The standard InChI is InChI=1S/C13H19N5/c1-3-10-4-5-11(15-9-10)8-13(16-14)12-6-7-18(2)17-12/h4-7,9,13,16H,3,8,14H2,1-2H3. The number of aryl methyl sites for hydroxylation is 2. The van der Waals surface area contributed by atoms with Crippen molar-refractivity contribution in [2.24, 2.45) is 12.9 Å². The summed E-state index contributed by atoms with van der Waals surface area (Å²) in [4.78, 5) is 4.44. The molecule has 18 heavy (non-hydrogen) atoms. The highest BCUT2D eigenvalue weighted by Gasteiger charge is 2.13. The third kappa shape index (κ3) is 2.94. The number of nitrogens with one attached hydrogen (secondary N) is 1. The summed E-state index contributed by atoms with van der Waals surface area (Å²) in [5, 5.41) is 4.36. The normalized spacial score (nSPS) is 12.6. The molecule has 0 aromatic carbocycles. The fourth-order valence-electron chi connectivity index (χ4n) is 1.86. The summed E-state index contributed by atoms with van der Waals surface area (Å²) in [6.07, 6.45) is 5.57. The first-order chi connectivity index (χ1) is 8.72. The summed E-state index contributed by atoms with van der Waals surface area (Å²) >= 11 is 0. The number of aromatic nitrogens is 3. The van der Waals surface area contributed by atoms with E-state index in [9.17, 15) is 0 Å². The van der Waals surface area contributed by atoms with Gasteiger partial charge < -0.3 is 0 Å². The zero-order valence-electron chi connectivity index (χ0n) is 10.8. The number of nitrogens with zero attached hydrogens (tertiary/aromatic N) is 3. The van der Waals surface area contributed by atoms with Gasteiger partial charge in [0.05, 0.1) is 11.7 Å². The van der Waals surface area contributed by atoms with Gasteiger partial charge in [-0.1, -0.05) is 13.0 Å². The zero-order chi connectivity index (χ0) is 13.0. The van der Waals surface area contributed by atoms with Gasteiger partial charge in [-0.25, -0.2) is 0 Å². The van der Waals surface area contributed by atoms with E-state index in [1.165, 1.54) is 5.56 Å². The number of hydrogen-bond donors (Lipinski definition) is 2. The molecule has 96 valence electrons. The smallest absolute Gasteiger partial charge is 0.0811 e. The summed E-state index contributed by atoms with van der Waals surface area (Å²) in [6.45, 7) is 2.12. The SMILES string of the molecule is CCc1ccc(CC(NN)c2ccn(C)n2)nc1. The second-order valence-corrected chi connectivity index (χ2v) is 4.35. The Morgan fingerprint density at radius 1 is 1.39 bits per heavy atom. The van der Waals surface area contributed by atoms with Crippen molar-refractivity contribution >= 4 is 0 Å². The Hall–Kier alpha value is -1.72. The molecule has 0 aliphatic carbocycles. The molecule has 0 bridgehead atoms. The van der Waals surface area contributed by atoms with E-state index in [0.717, 1.165) is 24.2 Å². The Balaban J connectivity index is 2.10. The average Bonchev–Trinajstić information content (AvgIpc) is 2.83. The first kappa shape index (κ1) is 12.7. The number of rotatable bonds is 5. The fraction of sp³-hybridized carbons (Fsp3) is 0.385. The van der Waals surface area contributed by atoms with Crippen LogP contribution in [0.15, 0.2) is 30.6 Å². The van der Waals surface area contributed by atoms with Gasteiger partial charge in [0.1, 0.15) is 0 Å². The molecule has 2 aromatic rings. The van der Waals surface area contributed by atoms with Crippen molar-refractivity contribution in [1.29, 1.82) is 0 Å². The highest BCUT2D eigenvalue weighted by Crippen LogP contribution is 2.14. The van der Waals surface area contributed by atoms with Crippen LogP contribution in [0.4, 0.5) is 0 Å². The van der Waals surface area contributed by atoms with E-state index in [-0.39, 0.29) is 6.04 Å². The van der Waals surface area contributed by atoms with Crippen molar-refractivity contribution in [1.82, 2.24) is 20.2 Å². The van der Waals surface area contributed by atoms with Crippen LogP contribution in [0.3, 0.4) is 0 Å². The fourth-order valence-corrected chi connectivity index (χ4v) is 1.86. The molecule has 5 heteroatoms. The van der Waals surface area contributed by atoms with E-state index in [1.54, 1.807) is 4.68 Å². The van der Waals surface area contributed by atoms with Crippen LogP contribution in [0.25, 0.3) is 0 Å². The van der Waals surface area contributed by atoms with E-state index in [2.05, 4.69) is 28.5 Å². The Labute approximate surface area is 107 Å². The second kappa shape index (κ2) is 5.75. The van der Waals surface area contributed by atoms with Crippen molar-refractivity contribution in [3.63, 3.8) is 0 Å². The maximum Gasteiger partial charge on any atom is 0.0811 e. The summed E-state index contributed by atoms with van der Waals surface area (Å²) in [5.41, 5.74) is 5.98. The van der Waals surface area contributed by atoms with Crippen molar-refractivity contribution in [3.05, 3.63) is 47.5 Å². The van der Waals surface area contributed by atoms with Gasteiger partial charge in [0.15, 0.2) is 0 Å². The molecule has 0 aliphatic heterocycles. The van der Waals surface area contributed by atoms with Crippen molar-refractivity contribution < 1.29 is 0 Å². The summed E-state index contributed by atoms with van der Waals surface area (Å²) in [7, 11) is 1.89. The first-order valence-electron chi connectivity index (χ1n) is 6.12. The van der Waals surface area contributed by atoms with E-state index in [0.29, 0.717) is 0 Å². The minimum atomic E-state index is -0.00817. The lowest BCUT2D eigenvalue weighted by Crippen LogP contribution is -2.30. The predicted molar refractivity (Wildman–Crippen MR) is 70.6 cm³/mol. The first-order valence-corrected chi connectivity index (χ1v) is 6.12. The second-order valence-electron chi connectivity index (χ2n) is 4.35. The Bertz CT molecular complexity index is 488. The third-order valence-corrected chi connectivity index (χ3v) is 3.00. The van der Waals surface area contributed by atoms with Gasteiger partial charge in [-0.15, -0.1) is 0 Å². The number of hydrazine groups is 1. The molecule has 0 saturated heterocycles. The van der Waals surface area contributed by atoms with Gasteiger partial charge in [0.2, 0.25) is 0 Å². The minimum Gasteiger partial charge on any atom is -0.275 e. The molecule has 0 fully saturated rings. The maximum absolute atomic E-state index is 5.59. The van der Waals surface area contributed by atoms with Crippen LogP contribution in [-0.2, 0) is 19.9 Å². The molecular weight excluding hydrogens is 226 g/mol. The lowest BCUT2D eigenvalue weighted by Gasteiger charge is -2.13. The molecule has 2 rings (SSSR count). The zero-order valence-corrected chi connectivity index (χ0v) is 10.8. The maximum atomic E-state index is 5.59. The molecule has 0 saturated carbocycles. The molecule has 0 amide bonds. The Kier molecular flexibility index (Phi) is 4.07. The molecule has 2 aromatic heterocycles. The van der Waals surface area contributed by atoms with Crippen LogP contribution < -0.4 is 11.3 Å². The van der Waals surface area contributed by atoms with Gasteiger partial charge >= 0.3 is 0 Å². The van der Waals surface area contributed by atoms with Crippen molar-refractivity contribution in [2.75, 3.05) is 0 Å². The van der Waals surface area contributed by atoms with E-state index in [4.69, 9.17) is 5.84 Å². The molecule has 0 spiro atoms. The van der Waals surface area contributed by atoms with Crippen LogP contribution in [0.5, 0.6) is 0 Å². The predicted octanol–water partition coefficient (Wildman–Crippen LogP) is 1.12. The topological polar surface area (TPSA) is 68.8 Å². The van der Waals surface area contributed by atoms with Crippen molar-refractivity contribution in [3.8, 4) is 0 Å². The summed E-state index contributed by atoms with van der Waals surface area (Å²) in [6, 6.07) is 6.11. The number of pyridine rings is 1. The van der Waals surface area contributed by atoms with E-state index in [1.807, 2.05) is 31.6 Å². The van der Waals surface area contributed by atoms with Gasteiger partial charge in [0.25, 0.3) is 0 Å². The number of nitrogens with two attached hydrogens (primary N) is 1. The van der Waals surface area contributed by atoms with Gasteiger partial charge in [-0.3, -0.25) is 20.9 Å². The lowest BCUT2D eigenvalue weighted by molar-refractivity contribution is 0.524. The van der Waals surface area contributed by atoms with Gasteiger partial charge in [-0.2, -0.15) is 5.10 Å². The summed E-state index contributed by atoms with van der Waals surface area (Å²) in [5.74, 6) is 5.59. The van der Waals surface area contributed by atoms with E-state index < -0.39 is 0 Å². The monoisotopic (exact) mass is 245 g/mol. The molecule has 1 atom stereocenters. The Morgan fingerprint density at radius 3 is 2.72 bits per heavy atom. The number of hydrogen-bond acceptors (Lipinski definition) is 4. The van der Waals surface area contributed by atoms with Crippen LogP contribution in [0.1, 0.15) is 29.9 Å². The van der Waals surface area contributed by atoms with Crippen LogP contribution in [-0.4, -0.2) is 14.8 Å². The largest absolute Gasteiger partial charge is 0.275 e. The molecular formula is C13H19N5. The van der Waals surface area contributed by atoms with Crippen LogP contribution in [0.2, 0.25) is 0 Å². The quantitative estimate of drug-likeness (QED) is 0.612. The third-order valence-electron chi connectivity index (χ3n) is 3.00. The molecule has 5 nitrogen and oxygen atoms in total. The summed E-state index contributed by atoms with van der Waals surface area (Å²) < 4.78 is 1.77. The molecule has 3 N–H and O–H groups in total.